The third-order valence-corrected chi connectivity index (χ3v) is 5.98. The molecule has 4 N–H and O–H groups in total. The second kappa shape index (κ2) is 14.7. The van der Waals surface area contributed by atoms with Gasteiger partial charge in [0.15, 0.2) is 6.29 Å². The standard InChI is InChI=1S/C26H37NO9/c1-16(17(2)34-26-21(29)14-20(28)18(3)35-26)8-7-11-25(33)36-22(19-9-5-4-6-10-19)15-27-23(30)12-13-24(31)32/h4-6,9-10,17-18,20-22,26,28-29H,1,7-8,11-15H2,2-3H3,(H,27,30)(H,31,32)/t17-,18?,20-,21+,22+,26-/m1/s1. The second-order valence-corrected chi connectivity index (χ2v) is 8.96. The zero-order valence-electron chi connectivity index (χ0n) is 20.8. The maximum atomic E-state index is 12.5. The van der Waals surface area contributed by atoms with E-state index in [1.54, 1.807) is 38.1 Å². The molecule has 0 bridgehead atoms. The lowest BCUT2D eigenvalue weighted by molar-refractivity contribution is -0.269. The van der Waals surface area contributed by atoms with Crippen molar-refractivity contribution in [2.75, 3.05) is 6.54 Å². The molecule has 200 valence electrons. The molecule has 1 unspecified atom stereocenters. The number of aliphatic carboxylic acids is 1. The van der Waals surface area contributed by atoms with Crippen molar-refractivity contribution in [3.05, 3.63) is 48.0 Å². The van der Waals surface area contributed by atoms with Gasteiger partial charge in [0.2, 0.25) is 5.91 Å². The normalized spacial score (nSPS) is 23.3. The monoisotopic (exact) mass is 507 g/mol. The van der Waals surface area contributed by atoms with Gasteiger partial charge in [0.1, 0.15) is 12.2 Å². The number of carboxylic acids is 1. The number of benzene rings is 1. The Kier molecular flexibility index (Phi) is 12.0. The summed E-state index contributed by atoms with van der Waals surface area (Å²) in [6, 6.07) is 8.97. The Bertz CT molecular complexity index is 875. The number of ether oxygens (including phenoxy) is 3. The van der Waals surface area contributed by atoms with Crippen LogP contribution in [0.15, 0.2) is 42.5 Å². The van der Waals surface area contributed by atoms with Gasteiger partial charge in [0.25, 0.3) is 0 Å². The van der Waals surface area contributed by atoms with E-state index in [-0.39, 0.29) is 32.2 Å². The molecule has 36 heavy (non-hydrogen) atoms. The third kappa shape index (κ3) is 10.1. The van der Waals surface area contributed by atoms with E-state index in [2.05, 4.69) is 11.9 Å². The van der Waals surface area contributed by atoms with Crippen LogP contribution in [0.4, 0.5) is 0 Å². The number of hydrogen-bond acceptors (Lipinski definition) is 8. The van der Waals surface area contributed by atoms with Crippen molar-refractivity contribution in [3.63, 3.8) is 0 Å². The molecular weight excluding hydrogens is 470 g/mol. The van der Waals surface area contributed by atoms with Crippen molar-refractivity contribution in [2.45, 2.75) is 89.2 Å². The highest BCUT2D eigenvalue weighted by Gasteiger charge is 2.35. The molecule has 1 aromatic rings. The SMILES string of the molecule is C=C(CCCC(=O)O[C@@H](CNC(=O)CCC(=O)O)c1ccccc1)[C@@H](C)O[C@@H]1OC(C)[C@H](O)C[C@@H]1O. The van der Waals surface area contributed by atoms with E-state index in [1.807, 2.05) is 6.07 Å². The number of carboxylic acid groups (broad SMARTS) is 1. The Morgan fingerprint density at radius 1 is 1.11 bits per heavy atom. The lowest BCUT2D eigenvalue weighted by atomic mass is 10.0. The fraction of sp³-hybridized carbons (Fsp3) is 0.577. The fourth-order valence-electron chi connectivity index (χ4n) is 3.65. The largest absolute Gasteiger partial charge is 0.481 e. The minimum Gasteiger partial charge on any atom is -0.481 e. The summed E-state index contributed by atoms with van der Waals surface area (Å²) in [4.78, 5) is 35.1. The molecule has 1 heterocycles. The summed E-state index contributed by atoms with van der Waals surface area (Å²) < 4.78 is 16.9. The number of esters is 1. The molecule has 1 aromatic carbocycles. The van der Waals surface area contributed by atoms with Crippen LogP contribution >= 0.6 is 0 Å². The van der Waals surface area contributed by atoms with Crippen LogP contribution in [0.1, 0.15) is 64.0 Å². The summed E-state index contributed by atoms with van der Waals surface area (Å²) in [6.45, 7) is 7.53. The molecule has 0 aromatic heterocycles. The van der Waals surface area contributed by atoms with Gasteiger partial charge in [0.05, 0.1) is 31.3 Å². The van der Waals surface area contributed by atoms with Gasteiger partial charge < -0.3 is 34.8 Å². The molecule has 2 rings (SSSR count). The highest BCUT2D eigenvalue weighted by molar-refractivity contribution is 5.80. The number of aliphatic hydroxyl groups is 2. The smallest absolute Gasteiger partial charge is 0.306 e. The number of rotatable bonds is 14. The maximum Gasteiger partial charge on any atom is 0.306 e. The van der Waals surface area contributed by atoms with Gasteiger partial charge in [-0.3, -0.25) is 14.4 Å². The first-order chi connectivity index (χ1) is 17.1. The number of amides is 1. The molecular formula is C26H37NO9. The summed E-state index contributed by atoms with van der Waals surface area (Å²) in [7, 11) is 0. The van der Waals surface area contributed by atoms with Crippen LogP contribution in [-0.2, 0) is 28.6 Å². The zero-order chi connectivity index (χ0) is 26.7. The number of carbonyl (C=O) groups excluding carboxylic acids is 2. The van der Waals surface area contributed by atoms with Crippen molar-refractivity contribution in [1.82, 2.24) is 5.32 Å². The van der Waals surface area contributed by atoms with Crippen LogP contribution in [-0.4, -0.2) is 70.4 Å². The van der Waals surface area contributed by atoms with Gasteiger partial charge in [0, 0.05) is 19.3 Å². The maximum absolute atomic E-state index is 12.5. The second-order valence-electron chi connectivity index (χ2n) is 8.96. The molecule has 1 amide bonds. The van der Waals surface area contributed by atoms with Crippen molar-refractivity contribution in [3.8, 4) is 0 Å². The first-order valence-electron chi connectivity index (χ1n) is 12.1. The van der Waals surface area contributed by atoms with Gasteiger partial charge >= 0.3 is 11.9 Å². The molecule has 1 saturated heterocycles. The minimum atomic E-state index is -1.06. The number of hydrogen-bond donors (Lipinski definition) is 4. The molecule has 10 heteroatoms. The van der Waals surface area contributed by atoms with Crippen LogP contribution in [0.3, 0.4) is 0 Å². The quantitative estimate of drug-likeness (QED) is 0.219. The van der Waals surface area contributed by atoms with Crippen molar-refractivity contribution < 1.29 is 43.9 Å². The fourth-order valence-corrected chi connectivity index (χ4v) is 3.65. The van der Waals surface area contributed by atoms with Crippen LogP contribution in [0.5, 0.6) is 0 Å². The minimum absolute atomic E-state index is 0.0304. The van der Waals surface area contributed by atoms with Crippen molar-refractivity contribution in [1.29, 1.82) is 0 Å². The Morgan fingerprint density at radius 3 is 2.47 bits per heavy atom. The summed E-state index contributed by atoms with van der Waals surface area (Å²) in [5.74, 6) is -1.94. The number of carbonyl (C=O) groups is 3. The Labute approximate surface area is 211 Å². The first-order valence-corrected chi connectivity index (χ1v) is 12.1. The van der Waals surface area contributed by atoms with Crippen molar-refractivity contribution >= 4 is 17.8 Å². The van der Waals surface area contributed by atoms with E-state index in [0.29, 0.717) is 18.4 Å². The highest BCUT2D eigenvalue weighted by Crippen LogP contribution is 2.24. The molecule has 1 fully saturated rings. The van der Waals surface area contributed by atoms with Gasteiger partial charge in [-0.1, -0.05) is 36.9 Å². The van der Waals surface area contributed by atoms with E-state index < -0.39 is 54.7 Å². The summed E-state index contributed by atoms with van der Waals surface area (Å²) in [5, 5.41) is 31.2. The summed E-state index contributed by atoms with van der Waals surface area (Å²) in [6.07, 6.45) is -3.35. The van der Waals surface area contributed by atoms with Gasteiger partial charge in [-0.15, -0.1) is 0 Å². The number of aliphatic hydroxyl groups excluding tert-OH is 2. The number of nitrogens with one attached hydrogen (secondary N) is 1. The van der Waals surface area contributed by atoms with Crippen LogP contribution < -0.4 is 5.32 Å². The molecule has 1 aliphatic rings. The Balaban J connectivity index is 1.80. The Morgan fingerprint density at radius 2 is 1.81 bits per heavy atom. The molecule has 0 aliphatic carbocycles. The molecule has 0 spiro atoms. The van der Waals surface area contributed by atoms with Gasteiger partial charge in [-0.25, -0.2) is 0 Å². The zero-order valence-corrected chi connectivity index (χ0v) is 20.8. The van der Waals surface area contributed by atoms with E-state index in [9.17, 15) is 24.6 Å². The average molecular weight is 508 g/mol. The summed E-state index contributed by atoms with van der Waals surface area (Å²) in [5.41, 5.74) is 1.43. The topological polar surface area (TPSA) is 152 Å². The predicted octanol–water partition coefficient (Wildman–Crippen LogP) is 2.24. The Hall–Kier alpha value is -2.79. The van der Waals surface area contributed by atoms with E-state index in [4.69, 9.17) is 19.3 Å². The highest BCUT2D eigenvalue weighted by atomic mass is 16.7. The molecule has 10 nitrogen and oxygen atoms in total. The molecule has 0 saturated carbocycles. The van der Waals surface area contributed by atoms with Gasteiger partial charge in [-0.05, 0) is 37.8 Å². The van der Waals surface area contributed by atoms with Crippen LogP contribution in [0.2, 0.25) is 0 Å². The average Bonchev–Trinajstić information content (AvgIpc) is 2.84. The van der Waals surface area contributed by atoms with E-state index >= 15 is 0 Å². The van der Waals surface area contributed by atoms with Crippen LogP contribution in [0.25, 0.3) is 0 Å². The molecule has 6 atom stereocenters. The third-order valence-electron chi connectivity index (χ3n) is 5.98. The lowest BCUT2D eigenvalue weighted by Gasteiger charge is -2.36. The van der Waals surface area contributed by atoms with Crippen molar-refractivity contribution in [2.24, 2.45) is 0 Å². The van der Waals surface area contributed by atoms with E-state index in [1.165, 1.54) is 0 Å². The lowest BCUT2D eigenvalue weighted by Crippen LogP contribution is -2.48. The molecule has 0 radical (unpaired) electrons. The van der Waals surface area contributed by atoms with Crippen LogP contribution in [0, 0.1) is 0 Å². The molecule has 1 aliphatic heterocycles. The summed E-state index contributed by atoms with van der Waals surface area (Å²) >= 11 is 0. The van der Waals surface area contributed by atoms with Gasteiger partial charge in [-0.2, -0.15) is 0 Å². The predicted molar refractivity (Wildman–Crippen MR) is 130 cm³/mol. The first kappa shape index (κ1) is 29.4. The van der Waals surface area contributed by atoms with E-state index in [0.717, 1.165) is 5.57 Å².